The number of rotatable bonds is 6. The van der Waals surface area contributed by atoms with Crippen LogP contribution in [0.2, 0.25) is 0 Å². The number of nitrogens with one attached hydrogen (secondary N) is 2. The van der Waals surface area contributed by atoms with Crippen molar-refractivity contribution in [2.45, 2.75) is 0 Å². The minimum atomic E-state index is -0.481. The van der Waals surface area contributed by atoms with Crippen LogP contribution in [0.1, 0.15) is 36.6 Å². The Morgan fingerprint density at radius 3 is 2.19 bits per heavy atom. The third kappa shape index (κ3) is 5.64. The SMILES string of the molecule is COC(=O)c1ccc(/C=N/NC(=O)c2ccccc2NC(=O)c2ccccc2Br)cc1. The zero-order valence-corrected chi connectivity index (χ0v) is 18.0. The summed E-state index contributed by atoms with van der Waals surface area (Å²) in [6, 6.07) is 20.2. The Bertz CT molecular complexity index is 1140. The van der Waals surface area contributed by atoms with Crippen molar-refractivity contribution in [3.8, 4) is 0 Å². The highest BCUT2D eigenvalue weighted by atomic mass is 79.9. The molecule has 0 saturated heterocycles. The molecule has 0 aromatic heterocycles. The lowest BCUT2D eigenvalue weighted by Gasteiger charge is -2.10. The summed E-state index contributed by atoms with van der Waals surface area (Å²) in [5.41, 5.74) is 4.61. The van der Waals surface area contributed by atoms with Crippen LogP contribution in [0.4, 0.5) is 5.69 Å². The monoisotopic (exact) mass is 479 g/mol. The van der Waals surface area contributed by atoms with Gasteiger partial charge in [0.1, 0.15) is 0 Å². The molecular formula is C23H18BrN3O4. The van der Waals surface area contributed by atoms with Gasteiger partial charge in [-0.05, 0) is 57.9 Å². The fourth-order valence-electron chi connectivity index (χ4n) is 2.67. The third-order valence-corrected chi connectivity index (χ3v) is 4.94. The van der Waals surface area contributed by atoms with Crippen molar-refractivity contribution in [3.05, 3.63) is 99.5 Å². The van der Waals surface area contributed by atoms with E-state index in [1.807, 2.05) is 6.07 Å². The Morgan fingerprint density at radius 2 is 1.52 bits per heavy atom. The summed E-state index contributed by atoms with van der Waals surface area (Å²) >= 11 is 3.35. The van der Waals surface area contributed by atoms with Crippen molar-refractivity contribution < 1.29 is 19.1 Å². The highest BCUT2D eigenvalue weighted by molar-refractivity contribution is 9.10. The summed E-state index contributed by atoms with van der Waals surface area (Å²) in [5.74, 6) is -1.26. The first-order valence-electron chi connectivity index (χ1n) is 9.16. The summed E-state index contributed by atoms with van der Waals surface area (Å²) in [4.78, 5) is 36.6. The standard InChI is InChI=1S/C23H18BrN3O4/c1-31-23(30)16-12-10-15(11-13-16)14-25-27-22(29)18-7-3-5-9-20(18)26-21(28)17-6-2-4-8-19(17)24/h2-14H,1H3,(H,26,28)(H,27,29)/b25-14+. The van der Waals surface area contributed by atoms with Crippen LogP contribution in [-0.4, -0.2) is 31.1 Å². The van der Waals surface area contributed by atoms with E-state index in [0.717, 1.165) is 0 Å². The highest BCUT2D eigenvalue weighted by Crippen LogP contribution is 2.20. The Hall–Kier alpha value is -3.78. The van der Waals surface area contributed by atoms with Crippen molar-refractivity contribution in [1.82, 2.24) is 5.43 Å². The molecule has 0 aliphatic heterocycles. The normalized spacial score (nSPS) is 10.5. The Kier molecular flexibility index (Phi) is 7.29. The van der Waals surface area contributed by atoms with Crippen LogP contribution in [0, 0.1) is 0 Å². The minimum absolute atomic E-state index is 0.265. The number of benzene rings is 3. The maximum atomic E-state index is 12.6. The van der Waals surface area contributed by atoms with E-state index in [9.17, 15) is 14.4 Å². The van der Waals surface area contributed by atoms with Crippen LogP contribution in [0.5, 0.6) is 0 Å². The lowest BCUT2D eigenvalue weighted by molar-refractivity contribution is 0.0600. The van der Waals surface area contributed by atoms with E-state index in [1.165, 1.54) is 13.3 Å². The molecule has 2 amide bonds. The Morgan fingerprint density at radius 1 is 0.871 bits per heavy atom. The highest BCUT2D eigenvalue weighted by Gasteiger charge is 2.15. The van der Waals surface area contributed by atoms with Crippen LogP contribution < -0.4 is 10.7 Å². The molecule has 0 heterocycles. The zero-order chi connectivity index (χ0) is 22.2. The van der Waals surface area contributed by atoms with Crippen molar-refractivity contribution in [2.75, 3.05) is 12.4 Å². The fourth-order valence-corrected chi connectivity index (χ4v) is 3.14. The zero-order valence-electron chi connectivity index (χ0n) is 16.5. The number of methoxy groups -OCH3 is 1. The summed E-state index contributed by atoms with van der Waals surface area (Å²) in [6.07, 6.45) is 1.45. The molecule has 0 aliphatic rings. The number of para-hydroxylation sites is 1. The van der Waals surface area contributed by atoms with Gasteiger partial charge in [-0.3, -0.25) is 9.59 Å². The van der Waals surface area contributed by atoms with Crippen molar-refractivity contribution in [2.24, 2.45) is 5.10 Å². The molecule has 3 rings (SSSR count). The van der Waals surface area contributed by atoms with Crippen molar-refractivity contribution in [3.63, 3.8) is 0 Å². The molecule has 3 aromatic rings. The van der Waals surface area contributed by atoms with Crippen LogP contribution >= 0.6 is 15.9 Å². The number of hydrogen-bond acceptors (Lipinski definition) is 5. The van der Waals surface area contributed by atoms with E-state index in [1.54, 1.807) is 66.7 Å². The molecule has 3 aromatic carbocycles. The molecule has 0 spiro atoms. The number of amides is 2. The topological polar surface area (TPSA) is 96.9 Å². The predicted molar refractivity (Wildman–Crippen MR) is 121 cm³/mol. The van der Waals surface area contributed by atoms with Gasteiger partial charge in [0, 0.05) is 4.47 Å². The lowest BCUT2D eigenvalue weighted by atomic mass is 10.1. The molecular weight excluding hydrogens is 462 g/mol. The van der Waals surface area contributed by atoms with Crippen LogP contribution in [0.15, 0.2) is 82.4 Å². The molecule has 0 bridgehead atoms. The average Bonchev–Trinajstić information content (AvgIpc) is 2.79. The maximum Gasteiger partial charge on any atom is 0.337 e. The number of carbonyl (C=O) groups is 3. The van der Waals surface area contributed by atoms with E-state index in [2.05, 4.69) is 36.5 Å². The largest absolute Gasteiger partial charge is 0.465 e. The number of esters is 1. The summed E-state index contributed by atoms with van der Waals surface area (Å²) in [5, 5.41) is 6.70. The maximum absolute atomic E-state index is 12.6. The van der Waals surface area contributed by atoms with Gasteiger partial charge >= 0.3 is 5.97 Å². The lowest BCUT2D eigenvalue weighted by Crippen LogP contribution is -2.21. The van der Waals surface area contributed by atoms with E-state index in [-0.39, 0.29) is 11.5 Å². The van der Waals surface area contributed by atoms with Gasteiger partial charge in [0.25, 0.3) is 11.8 Å². The van der Waals surface area contributed by atoms with Crippen LogP contribution in [0.3, 0.4) is 0 Å². The van der Waals surface area contributed by atoms with Crippen molar-refractivity contribution in [1.29, 1.82) is 0 Å². The van der Waals surface area contributed by atoms with Crippen LogP contribution in [-0.2, 0) is 4.74 Å². The number of anilines is 1. The van der Waals surface area contributed by atoms with Crippen LogP contribution in [0.25, 0.3) is 0 Å². The Labute approximate surface area is 187 Å². The Balaban J connectivity index is 1.68. The average molecular weight is 480 g/mol. The van der Waals surface area contributed by atoms with Gasteiger partial charge in [0.05, 0.1) is 35.7 Å². The minimum Gasteiger partial charge on any atom is -0.465 e. The second-order valence-electron chi connectivity index (χ2n) is 6.29. The van der Waals surface area contributed by atoms with Gasteiger partial charge in [-0.2, -0.15) is 5.10 Å². The van der Waals surface area contributed by atoms with E-state index in [4.69, 9.17) is 0 Å². The summed E-state index contributed by atoms with van der Waals surface area (Å²) in [7, 11) is 1.31. The number of carbonyl (C=O) groups excluding carboxylic acids is 3. The fraction of sp³-hybridized carbons (Fsp3) is 0.0435. The van der Waals surface area contributed by atoms with Gasteiger partial charge in [0.15, 0.2) is 0 Å². The van der Waals surface area contributed by atoms with Gasteiger partial charge in [-0.1, -0.05) is 36.4 Å². The summed E-state index contributed by atoms with van der Waals surface area (Å²) in [6.45, 7) is 0. The molecule has 0 atom stereocenters. The molecule has 2 N–H and O–H groups in total. The molecule has 0 saturated carbocycles. The van der Waals surface area contributed by atoms with Gasteiger partial charge in [0.2, 0.25) is 0 Å². The van der Waals surface area contributed by atoms with E-state index in [0.29, 0.717) is 26.9 Å². The molecule has 0 radical (unpaired) electrons. The quantitative estimate of drug-likeness (QED) is 0.313. The molecule has 156 valence electrons. The molecule has 0 unspecified atom stereocenters. The van der Waals surface area contributed by atoms with Gasteiger partial charge in [-0.25, -0.2) is 10.2 Å². The second kappa shape index (κ2) is 10.3. The number of halogens is 1. The van der Waals surface area contributed by atoms with Gasteiger partial charge < -0.3 is 10.1 Å². The van der Waals surface area contributed by atoms with E-state index < -0.39 is 11.9 Å². The molecule has 0 aliphatic carbocycles. The van der Waals surface area contributed by atoms with Crippen molar-refractivity contribution >= 4 is 45.6 Å². The third-order valence-electron chi connectivity index (χ3n) is 4.25. The first kappa shape index (κ1) is 21.9. The second-order valence-corrected chi connectivity index (χ2v) is 7.15. The van der Waals surface area contributed by atoms with Gasteiger partial charge in [-0.15, -0.1) is 0 Å². The van der Waals surface area contributed by atoms with E-state index >= 15 is 0 Å². The predicted octanol–water partition coefficient (Wildman–Crippen LogP) is 4.25. The number of nitrogens with zero attached hydrogens (tertiary/aromatic N) is 1. The first-order valence-corrected chi connectivity index (χ1v) is 9.95. The smallest absolute Gasteiger partial charge is 0.337 e. The number of hydrogen-bond donors (Lipinski definition) is 2. The molecule has 0 fully saturated rings. The molecule has 7 nitrogen and oxygen atoms in total. The number of hydrazone groups is 1. The number of ether oxygens (including phenoxy) is 1. The molecule has 8 heteroatoms. The first-order chi connectivity index (χ1) is 15.0. The molecule has 31 heavy (non-hydrogen) atoms. The summed E-state index contributed by atoms with van der Waals surface area (Å²) < 4.78 is 5.30.